The summed E-state index contributed by atoms with van der Waals surface area (Å²) in [5.74, 6) is 0.387. The van der Waals surface area contributed by atoms with Crippen molar-refractivity contribution >= 4 is 5.97 Å². The van der Waals surface area contributed by atoms with E-state index in [1.165, 1.54) is 19.3 Å². The van der Waals surface area contributed by atoms with Gasteiger partial charge in [-0.25, -0.2) is 4.79 Å². The summed E-state index contributed by atoms with van der Waals surface area (Å²) in [5, 5.41) is 0. The van der Waals surface area contributed by atoms with E-state index in [2.05, 4.69) is 13.8 Å². The average Bonchev–Trinajstić information content (AvgIpc) is 2.62. The first kappa shape index (κ1) is 14.1. The summed E-state index contributed by atoms with van der Waals surface area (Å²) in [6, 6.07) is 0. The van der Waals surface area contributed by atoms with E-state index in [1.807, 2.05) is 13.8 Å². The summed E-state index contributed by atoms with van der Waals surface area (Å²) in [5.41, 5.74) is 2.21. The van der Waals surface area contributed by atoms with E-state index in [-0.39, 0.29) is 5.97 Å². The molecule has 2 fully saturated rings. The molecule has 0 aromatic rings. The van der Waals surface area contributed by atoms with Crippen molar-refractivity contribution in [2.24, 2.45) is 17.3 Å². The third kappa shape index (κ3) is 1.78. The molecule has 1 heterocycles. The van der Waals surface area contributed by atoms with Crippen molar-refractivity contribution in [3.8, 4) is 0 Å². The van der Waals surface area contributed by atoms with Gasteiger partial charge >= 0.3 is 5.97 Å². The highest BCUT2D eigenvalue weighted by atomic mass is 16.7. The Morgan fingerprint density at radius 2 is 2.15 bits per heavy atom. The number of esters is 1. The molecule has 2 saturated carbocycles. The molecule has 3 heteroatoms. The molecule has 0 saturated heterocycles. The molecule has 1 aliphatic heterocycles. The standard InChI is InChI=1S/C17H26O3/c1-5-19-17-9-13-8-6-7-11(2)16(13,4)10-14(17)12(3)15(18)20-17/h11,13H,5-10H2,1-4H3. The Bertz CT molecular complexity index is 467. The summed E-state index contributed by atoms with van der Waals surface area (Å²) >= 11 is 0. The average molecular weight is 278 g/mol. The lowest BCUT2D eigenvalue weighted by molar-refractivity contribution is -0.226. The topological polar surface area (TPSA) is 35.5 Å². The van der Waals surface area contributed by atoms with Gasteiger partial charge in [0.2, 0.25) is 5.79 Å². The van der Waals surface area contributed by atoms with E-state index in [0.29, 0.717) is 23.9 Å². The maximum Gasteiger partial charge on any atom is 0.336 e. The third-order valence-electron chi connectivity index (χ3n) is 6.17. The first-order chi connectivity index (χ1) is 9.43. The normalized spacial score (nSPS) is 44.1. The Balaban J connectivity index is 2.02. The Hall–Kier alpha value is -0.830. The number of ether oxygens (including phenoxy) is 2. The molecular formula is C17H26O3. The lowest BCUT2D eigenvalue weighted by Crippen LogP contribution is -2.51. The zero-order valence-electron chi connectivity index (χ0n) is 13.1. The van der Waals surface area contributed by atoms with Crippen LogP contribution in [0.1, 0.15) is 59.8 Å². The first-order valence-corrected chi connectivity index (χ1v) is 8.00. The van der Waals surface area contributed by atoms with Crippen LogP contribution >= 0.6 is 0 Å². The van der Waals surface area contributed by atoms with Gasteiger partial charge in [0.15, 0.2) is 0 Å². The fourth-order valence-corrected chi connectivity index (χ4v) is 4.63. The second kappa shape index (κ2) is 4.59. The summed E-state index contributed by atoms with van der Waals surface area (Å²) in [4.78, 5) is 12.1. The lowest BCUT2D eigenvalue weighted by atomic mass is 9.53. The molecule has 3 rings (SSSR count). The maximum atomic E-state index is 12.1. The van der Waals surface area contributed by atoms with Gasteiger partial charge in [-0.05, 0) is 43.9 Å². The monoisotopic (exact) mass is 278 g/mol. The van der Waals surface area contributed by atoms with Crippen molar-refractivity contribution in [2.75, 3.05) is 6.61 Å². The number of carbonyl (C=O) groups excluding carboxylic acids is 1. The van der Waals surface area contributed by atoms with Crippen LogP contribution in [0, 0.1) is 17.3 Å². The molecule has 4 unspecified atom stereocenters. The van der Waals surface area contributed by atoms with E-state index in [9.17, 15) is 4.79 Å². The Morgan fingerprint density at radius 1 is 1.40 bits per heavy atom. The lowest BCUT2D eigenvalue weighted by Gasteiger charge is -2.54. The van der Waals surface area contributed by atoms with Crippen molar-refractivity contribution in [1.29, 1.82) is 0 Å². The van der Waals surface area contributed by atoms with Gasteiger partial charge in [-0.1, -0.05) is 26.7 Å². The summed E-state index contributed by atoms with van der Waals surface area (Å²) in [7, 11) is 0. The Kier molecular flexibility index (Phi) is 3.24. The summed E-state index contributed by atoms with van der Waals surface area (Å²) < 4.78 is 11.7. The molecule has 0 spiro atoms. The van der Waals surface area contributed by atoms with Gasteiger partial charge in [0, 0.05) is 24.2 Å². The SMILES string of the molecule is CCOC12CC3CCCC(C)C3(C)CC1=C(C)C(=O)O2. The minimum atomic E-state index is -0.739. The van der Waals surface area contributed by atoms with Crippen molar-refractivity contribution in [1.82, 2.24) is 0 Å². The van der Waals surface area contributed by atoms with Crippen LogP contribution in [-0.2, 0) is 14.3 Å². The van der Waals surface area contributed by atoms with E-state index in [4.69, 9.17) is 9.47 Å². The van der Waals surface area contributed by atoms with Crippen LogP contribution in [0.15, 0.2) is 11.1 Å². The highest BCUT2D eigenvalue weighted by Gasteiger charge is 2.58. The van der Waals surface area contributed by atoms with Crippen LogP contribution in [0.4, 0.5) is 0 Å². The second-order valence-electron chi connectivity index (χ2n) is 7.09. The van der Waals surface area contributed by atoms with E-state index < -0.39 is 5.79 Å². The van der Waals surface area contributed by atoms with Crippen LogP contribution in [-0.4, -0.2) is 18.4 Å². The molecule has 3 aliphatic rings. The number of hydrogen-bond acceptors (Lipinski definition) is 3. The van der Waals surface area contributed by atoms with Gasteiger partial charge in [0.1, 0.15) is 0 Å². The largest absolute Gasteiger partial charge is 0.426 e. The molecular weight excluding hydrogens is 252 g/mol. The molecule has 0 aromatic heterocycles. The number of fused-ring (bicyclic) bond motifs is 2. The third-order valence-corrected chi connectivity index (χ3v) is 6.17. The molecule has 3 nitrogen and oxygen atoms in total. The van der Waals surface area contributed by atoms with Crippen molar-refractivity contribution in [2.45, 2.75) is 65.6 Å². The van der Waals surface area contributed by atoms with Crippen LogP contribution in [0.25, 0.3) is 0 Å². The second-order valence-corrected chi connectivity index (χ2v) is 7.09. The molecule has 0 bridgehead atoms. The zero-order chi connectivity index (χ0) is 14.5. The molecule has 112 valence electrons. The molecule has 0 aromatic carbocycles. The summed E-state index contributed by atoms with van der Waals surface area (Å²) in [6.45, 7) is 9.23. The fraction of sp³-hybridized carbons (Fsp3) is 0.824. The zero-order valence-corrected chi connectivity index (χ0v) is 13.1. The molecule has 2 aliphatic carbocycles. The maximum absolute atomic E-state index is 12.1. The van der Waals surface area contributed by atoms with E-state index >= 15 is 0 Å². The van der Waals surface area contributed by atoms with Crippen LogP contribution in [0.5, 0.6) is 0 Å². The quantitative estimate of drug-likeness (QED) is 0.720. The van der Waals surface area contributed by atoms with Crippen molar-refractivity contribution in [3.05, 3.63) is 11.1 Å². The van der Waals surface area contributed by atoms with Crippen LogP contribution in [0.2, 0.25) is 0 Å². The highest BCUT2D eigenvalue weighted by molar-refractivity contribution is 5.92. The Morgan fingerprint density at radius 3 is 2.85 bits per heavy atom. The predicted octanol–water partition coefficient (Wildman–Crippen LogP) is 3.83. The van der Waals surface area contributed by atoms with Gasteiger partial charge in [-0.2, -0.15) is 0 Å². The Labute approximate surface area is 121 Å². The molecule has 20 heavy (non-hydrogen) atoms. The molecule has 0 N–H and O–H groups in total. The number of hydrogen-bond donors (Lipinski definition) is 0. The van der Waals surface area contributed by atoms with Gasteiger partial charge < -0.3 is 9.47 Å². The minimum Gasteiger partial charge on any atom is -0.426 e. The number of carbonyl (C=O) groups is 1. The first-order valence-electron chi connectivity index (χ1n) is 8.00. The number of rotatable bonds is 2. The van der Waals surface area contributed by atoms with E-state index in [0.717, 1.165) is 24.0 Å². The minimum absolute atomic E-state index is 0.177. The van der Waals surface area contributed by atoms with Gasteiger partial charge in [0.05, 0.1) is 0 Å². The van der Waals surface area contributed by atoms with E-state index in [1.54, 1.807) is 0 Å². The van der Waals surface area contributed by atoms with Gasteiger partial charge in [-0.15, -0.1) is 0 Å². The van der Waals surface area contributed by atoms with Crippen LogP contribution < -0.4 is 0 Å². The molecule has 4 atom stereocenters. The predicted molar refractivity (Wildman–Crippen MR) is 77.0 cm³/mol. The smallest absolute Gasteiger partial charge is 0.336 e. The fourth-order valence-electron chi connectivity index (χ4n) is 4.63. The highest BCUT2D eigenvalue weighted by Crippen LogP contribution is 2.60. The molecule has 0 radical (unpaired) electrons. The van der Waals surface area contributed by atoms with Gasteiger partial charge in [0.25, 0.3) is 0 Å². The molecule has 0 amide bonds. The van der Waals surface area contributed by atoms with Crippen LogP contribution in [0.3, 0.4) is 0 Å². The van der Waals surface area contributed by atoms with Gasteiger partial charge in [-0.3, -0.25) is 0 Å². The summed E-state index contributed by atoms with van der Waals surface area (Å²) in [6.07, 6.45) is 5.63. The van der Waals surface area contributed by atoms with Crippen molar-refractivity contribution in [3.63, 3.8) is 0 Å². The van der Waals surface area contributed by atoms with Crippen molar-refractivity contribution < 1.29 is 14.3 Å².